The summed E-state index contributed by atoms with van der Waals surface area (Å²) < 4.78 is 40.8. The van der Waals surface area contributed by atoms with E-state index < -0.39 is 6.36 Å². The second kappa shape index (κ2) is 11.8. The number of halogens is 4. The smallest absolute Gasteiger partial charge is 0.406 e. The Balaban J connectivity index is 1.89. The third-order valence-electron chi connectivity index (χ3n) is 4.81. The predicted molar refractivity (Wildman–Crippen MR) is 117 cm³/mol. The number of alkyl halides is 3. The van der Waals surface area contributed by atoms with Crippen molar-refractivity contribution in [3.63, 3.8) is 0 Å². The molecule has 0 unspecified atom stereocenters. The van der Waals surface area contributed by atoms with E-state index in [9.17, 15) is 23.1 Å². The molecule has 0 bridgehead atoms. The lowest BCUT2D eigenvalue weighted by atomic mass is 10.1. The molecule has 1 saturated heterocycles. The van der Waals surface area contributed by atoms with Crippen molar-refractivity contribution in [2.75, 3.05) is 37.7 Å². The number of rotatable bonds is 8. The summed E-state index contributed by atoms with van der Waals surface area (Å²) in [4.78, 5) is 16.4. The fourth-order valence-corrected chi connectivity index (χ4v) is 3.32. The van der Waals surface area contributed by atoms with Crippen molar-refractivity contribution >= 4 is 23.2 Å². The van der Waals surface area contributed by atoms with Crippen LogP contribution >= 0.6 is 11.6 Å². The minimum absolute atomic E-state index is 0.0581. The lowest BCUT2D eigenvalue weighted by Crippen LogP contribution is -2.52. The lowest BCUT2D eigenvalue weighted by molar-refractivity contribution is -0.274. The highest BCUT2D eigenvalue weighted by Gasteiger charge is 2.31. The van der Waals surface area contributed by atoms with E-state index >= 15 is 0 Å². The van der Waals surface area contributed by atoms with Gasteiger partial charge in [0.05, 0.1) is 12.3 Å². The first-order valence-corrected chi connectivity index (χ1v) is 10.2. The van der Waals surface area contributed by atoms with Gasteiger partial charge in [0.15, 0.2) is 0 Å². The molecule has 1 aromatic carbocycles. The van der Waals surface area contributed by atoms with Crippen LogP contribution in [0.4, 0.5) is 18.9 Å². The summed E-state index contributed by atoms with van der Waals surface area (Å²) in [6, 6.07) is 5.29. The van der Waals surface area contributed by atoms with Gasteiger partial charge in [0.2, 0.25) is 5.91 Å². The van der Waals surface area contributed by atoms with Crippen molar-refractivity contribution < 1.29 is 27.8 Å². The molecule has 32 heavy (non-hydrogen) atoms. The minimum Gasteiger partial charge on any atom is -0.406 e. The summed E-state index contributed by atoms with van der Waals surface area (Å²) in [5.74, 6) is 1.77. The number of ether oxygens (including phenoxy) is 1. The van der Waals surface area contributed by atoms with Crippen molar-refractivity contribution in [1.82, 2.24) is 10.2 Å². The van der Waals surface area contributed by atoms with Crippen molar-refractivity contribution in [2.45, 2.75) is 25.7 Å². The van der Waals surface area contributed by atoms with Crippen LogP contribution < -0.4 is 15.0 Å². The van der Waals surface area contributed by atoms with Crippen LogP contribution in [0.2, 0.25) is 0 Å². The van der Waals surface area contributed by atoms with Gasteiger partial charge < -0.3 is 20.1 Å². The molecule has 0 spiro atoms. The van der Waals surface area contributed by atoms with Gasteiger partial charge in [-0.2, -0.15) is 0 Å². The highest BCUT2D eigenvalue weighted by atomic mass is 35.5. The second-order valence-corrected chi connectivity index (χ2v) is 7.73. The van der Waals surface area contributed by atoms with Crippen LogP contribution in [0, 0.1) is 12.3 Å². The van der Waals surface area contributed by atoms with Gasteiger partial charge in [0.25, 0.3) is 0 Å². The number of nitrogens with one attached hydrogen (secondary N) is 1. The van der Waals surface area contributed by atoms with Gasteiger partial charge in [0.1, 0.15) is 5.75 Å². The Hall–Kier alpha value is -2.67. The van der Waals surface area contributed by atoms with Gasteiger partial charge in [-0.15, -0.1) is 19.6 Å². The topological polar surface area (TPSA) is 65.0 Å². The predicted octanol–water partition coefficient (Wildman–Crippen LogP) is 3.23. The maximum Gasteiger partial charge on any atom is 0.573 e. The number of anilines is 1. The van der Waals surface area contributed by atoms with Crippen LogP contribution in [0.25, 0.3) is 0 Å². The monoisotopic (exact) mass is 471 g/mol. The van der Waals surface area contributed by atoms with Crippen LogP contribution in [-0.2, 0) is 4.79 Å². The molecule has 1 amide bonds. The third-order valence-corrected chi connectivity index (χ3v) is 4.93. The largest absolute Gasteiger partial charge is 0.573 e. The Morgan fingerprint density at radius 3 is 2.41 bits per heavy atom. The molecule has 0 aliphatic carbocycles. The van der Waals surface area contributed by atoms with E-state index in [2.05, 4.69) is 16.0 Å². The summed E-state index contributed by atoms with van der Waals surface area (Å²) in [7, 11) is 0. The normalized spacial score (nSPS) is 17.0. The quantitative estimate of drug-likeness (QED) is 0.450. The van der Waals surface area contributed by atoms with Crippen LogP contribution in [0.5, 0.6) is 5.75 Å². The molecule has 0 saturated carbocycles. The van der Waals surface area contributed by atoms with Crippen molar-refractivity contribution in [2.24, 2.45) is 0 Å². The third kappa shape index (κ3) is 8.46. The molecule has 1 aromatic rings. The Morgan fingerprint density at radius 2 is 1.91 bits per heavy atom. The number of carbonyl (C=O) groups is 1. The zero-order chi connectivity index (χ0) is 23.7. The van der Waals surface area contributed by atoms with E-state index in [0.29, 0.717) is 31.2 Å². The standard InChI is InChI=1S/C22H25ClF3N3O3/c1-3-17(5-4-16(2)23)27-21(31)14-19(15-30)29-12-10-28(11-13-29)18-6-8-20(9-7-18)32-22(24,25)26/h1,4-9,19,30H,10-15H2,2H3,(H,27,31)/b16-4+,17-5+/t19-/m0/s1. The van der Waals surface area contributed by atoms with Crippen LogP contribution in [0.3, 0.4) is 0 Å². The van der Waals surface area contributed by atoms with Gasteiger partial charge in [0, 0.05) is 49.4 Å². The fraction of sp³-hybridized carbons (Fsp3) is 0.409. The summed E-state index contributed by atoms with van der Waals surface area (Å²) in [5, 5.41) is 12.9. The molecule has 6 nitrogen and oxygen atoms in total. The Kier molecular flexibility index (Phi) is 9.44. The van der Waals surface area contributed by atoms with Gasteiger partial charge in [-0.25, -0.2) is 0 Å². The van der Waals surface area contributed by atoms with Crippen LogP contribution in [-0.4, -0.2) is 61.1 Å². The number of hydrogen-bond acceptors (Lipinski definition) is 5. The number of aliphatic hydroxyl groups excluding tert-OH is 1. The highest BCUT2D eigenvalue weighted by Crippen LogP contribution is 2.26. The number of piperazine rings is 1. The number of hydrogen-bond donors (Lipinski definition) is 2. The summed E-state index contributed by atoms with van der Waals surface area (Å²) >= 11 is 5.75. The van der Waals surface area contributed by atoms with E-state index in [1.807, 2.05) is 9.80 Å². The van der Waals surface area contributed by atoms with E-state index in [1.54, 1.807) is 25.1 Å². The molecule has 174 valence electrons. The van der Waals surface area contributed by atoms with Gasteiger partial charge in [-0.3, -0.25) is 9.69 Å². The summed E-state index contributed by atoms with van der Waals surface area (Å²) in [6.45, 7) is 3.81. The van der Waals surface area contributed by atoms with Gasteiger partial charge in [-0.05, 0) is 43.3 Å². The number of allylic oxidation sites excluding steroid dienone is 4. The molecule has 1 fully saturated rings. The molecular weight excluding hydrogens is 447 g/mol. The van der Waals surface area contributed by atoms with Crippen LogP contribution in [0.1, 0.15) is 13.3 Å². The molecule has 1 atom stereocenters. The maximum atomic E-state index is 12.3. The molecule has 10 heteroatoms. The minimum atomic E-state index is -4.73. The highest BCUT2D eigenvalue weighted by molar-refractivity contribution is 6.29. The Bertz CT molecular complexity index is 867. The molecule has 2 rings (SSSR count). The molecule has 0 aromatic heterocycles. The summed E-state index contributed by atoms with van der Waals surface area (Å²) in [6.07, 6.45) is 3.82. The first-order chi connectivity index (χ1) is 15.1. The zero-order valence-electron chi connectivity index (χ0n) is 17.5. The number of carbonyl (C=O) groups excluding carboxylic acids is 1. The van der Waals surface area contributed by atoms with E-state index in [0.717, 1.165) is 5.69 Å². The first-order valence-electron chi connectivity index (χ1n) is 9.87. The average Bonchev–Trinajstić information content (AvgIpc) is 2.74. The number of amides is 1. The average molecular weight is 472 g/mol. The lowest BCUT2D eigenvalue weighted by Gasteiger charge is -2.39. The molecular formula is C22H25ClF3N3O3. The van der Waals surface area contributed by atoms with Crippen LogP contribution in [0.15, 0.2) is 47.1 Å². The summed E-state index contributed by atoms with van der Waals surface area (Å²) in [5.41, 5.74) is 1.04. The number of benzene rings is 1. The number of terminal acetylenes is 1. The zero-order valence-corrected chi connectivity index (χ0v) is 18.3. The molecule has 1 aliphatic rings. The molecule has 2 N–H and O–H groups in total. The number of nitrogens with zero attached hydrogens (tertiary/aromatic N) is 2. The van der Waals surface area contributed by atoms with Crippen molar-refractivity contribution in [3.05, 3.63) is 47.1 Å². The maximum absolute atomic E-state index is 12.3. The SMILES string of the molecule is C#C/C(=C\C=C(/C)Cl)NC(=O)C[C@@H](CO)N1CCN(c2ccc(OC(F)(F)F)cc2)CC1. The number of aliphatic hydroxyl groups is 1. The molecule has 0 radical (unpaired) electrons. The molecule has 1 aliphatic heterocycles. The van der Waals surface area contributed by atoms with Crippen molar-refractivity contribution in [3.8, 4) is 18.1 Å². The second-order valence-electron chi connectivity index (χ2n) is 7.13. The fourth-order valence-electron chi connectivity index (χ4n) is 3.25. The van der Waals surface area contributed by atoms with E-state index in [1.165, 1.54) is 18.2 Å². The first kappa shape index (κ1) is 25.6. The van der Waals surface area contributed by atoms with Gasteiger partial charge >= 0.3 is 6.36 Å². The van der Waals surface area contributed by atoms with Crippen molar-refractivity contribution in [1.29, 1.82) is 0 Å². The Morgan fingerprint density at radius 1 is 1.28 bits per heavy atom. The Labute approximate surface area is 190 Å². The van der Waals surface area contributed by atoms with E-state index in [4.69, 9.17) is 18.0 Å². The molecule has 1 heterocycles. The van der Waals surface area contributed by atoms with E-state index in [-0.39, 0.29) is 36.4 Å². The van der Waals surface area contributed by atoms with Gasteiger partial charge in [-0.1, -0.05) is 17.5 Å².